The van der Waals surface area contributed by atoms with E-state index in [0.717, 1.165) is 48.6 Å². The quantitative estimate of drug-likeness (QED) is 0.490. The number of fused-ring (bicyclic) bond motifs is 1. The molecule has 2 aromatic rings. The Morgan fingerprint density at radius 3 is 2.74 bits per heavy atom. The van der Waals surface area contributed by atoms with Gasteiger partial charge in [0.15, 0.2) is 5.16 Å². The summed E-state index contributed by atoms with van der Waals surface area (Å²) in [6.45, 7) is 4.20. The van der Waals surface area contributed by atoms with Crippen LogP contribution in [0.1, 0.15) is 78.1 Å². The first-order chi connectivity index (χ1) is 15.0. The van der Waals surface area contributed by atoms with Gasteiger partial charge in [-0.15, -0.1) is 21.5 Å². The summed E-state index contributed by atoms with van der Waals surface area (Å²) in [5.41, 5.74) is 1.58. The molecule has 0 saturated heterocycles. The molecular formula is C22H30N4O3S2. The fourth-order valence-corrected chi connectivity index (χ4v) is 6.92. The summed E-state index contributed by atoms with van der Waals surface area (Å²) < 4.78 is 7.21. The average molecular weight is 463 g/mol. The summed E-state index contributed by atoms with van der Waals surface area (Å²) in [5, 5.41) is 13.0. The molecule has 0 bridgehead atoms. The maximum atomic E-state index is 12.8. The number of hydrogen-bond donors (Lipinski definition) is 1. The number of nitrogens with one attached hydrogen (secondary N) is 1. The van der Waals surface area contributed by atoms with Crippen LogP contribution in [0.3, 0.4) is 0 Å². The summed E-state index contributed by atoms with van der Waals surface area (Å²) in [6.07, 6.45) is 8.86. The summed E-state index contributed by atoms with van der Waals surface area (Å²) in [5.74, 6) is 1.21. The Hall–Kier alpha value is -1.87. The van der Waals surface area contributed by atoms with Crippen molar-refractivity contribution in [2.75, 3.05) is 18.2 Å². The Morgan fingerprint density at radius 2 is 2.00 bits per heavy atom. The van der Waals surface area contributed by atoms with Gasteiger partial charge < -0.3 is 14.6 Å². The van der Waals surface area contributed by atoms with Crippen LogP contribution in [-0.2, 0) is 22.4 Å². The van der Waals surface area contributed by atoms with Crippen LogP contribution in [-0.4, -0.2) is 39.5 Å². The predicted octanol–water partition coefficient (Wildman–Crippen LogP) is 4.80. The number of rotatable bonds is 6. The van der Waals surface area contributed by atoms with Crippen LogP contribution in [0.25, 0.3) is 0 Å². The lowest BCUT2D eigenvalue weighted by atomic mass is 9.88. The first-order valence-electron chi connectivity index (χ1n) is 11.0. The molecule has 2 aliphatic carbocycles. The molecule has 1 atom stereocenters. The van der Waals surface area contributed by atoms with Crippen LogP contribution < -0.4 is 5.32 Å². The van der Waals surface area contributed by atoms with E-state index in [0.29, 0.717) is 22.5 Å². The van der Waals surface area contributed by atoms with Crippen LogP contribution in [0.5, 0.6) is 0 Å². The number of aromatic nitrogens is 3. The predicted molar refractivity (Wildman–Crippen MR) is 123 cm³/mol. The van der Waals surface area contributed by atoms with Crippen molar-refractivity contribution in [3.63, 3.8) is 0 Å². The van der Waals surface area contributed by atoms with E-state index in [9.17, 15) is 9.59 Å². The Kier molecular flexibility index (Phi) is 7.01. The number of ether oxygens (including phenoxy) is 1. The van der Waals surface area contributed by atoms with E-state index in [1.807, 2.05) is 6.92 Å². The van der Waals surface area contributed by atoms with Gasteiger partial charge in [0.05, 0.1) is 18.4 Å². The minimum atomic E-state index is -0.373. The van der Waals surface area contributed by atoms with Gasteiger partial charge in [0.25, 0.3) is 0 Å². The van der Waals surface area contributed by atoms with E-state index in [1.165, 1.54) is 54.3 Å². The number of carbonyl (C=O) groups is 2. The lowest BCUT2D eigenvalue weighted by Gasteiger charge is -2.24. The molecule has 1 N–H and O–H groups in total. The number of hydrogen-bond acceptors (Lipinski definition) is 7. The molecule has 168 valence electrons. The van der Waals surface area contributed by atoms with E-state index < -0.39 is 0 Å². The molecule has 1 amide bonds. The van der Waals surface area contributed by atoms with Crippen molar-refractivity contribution in [1.29, 1.82) is 0 Å². The third-order valence-electron chi connectivity index (χ3n) is 6.26. The molecule has 1 fully saturated rings. The van der Waals surface area contributed by atoms with E-state index in [2.05, 4.69) is 27.0 Å². The summed E-state index contributed by atoms with van der Waals surface area (Å²) >= 11 is 2.92. The molecule has 31 heavy (non-hydrogen) atoms. The van der Waals surface area contributed by atoms with Crippen molar-refractivity contribution in [3.8, 4) is 0 Å². The molecule has 4 rings (SSSR count). The number of amides is 1. The number of esters is 1. The molecule has 0 radical (unpaired) electrons. The third kappa shape index (κ3) is 4.82. The monoisotopic (exact) mass is 462 g/mol. The highest BCUT2D eigenvalue weighted by molar-refractivity contribution is 7.99. The first kappa shape index (κ1) is 22.3. The maximum Gasteiger partial charge on any atom is 0.341 e. The molecule has 9 heteroatoms. The average Bonchev–Trinajstić information content (AvgIpc) is 3.31. The maximum absolute atomic E-state index is 12.8. The smallest absolute Gasteiger partial charge is 0.341 e. The second-order valence-corrected chi connectivity index (χ2v) is 10.6. The van der Waals surface area contributed by atoms with Gasteiger partial charge >= 0.3 is 5.97 Å². The fourth-order valence-electron chi connectivity index (χ4n) is 4.66. The second kappa shape index (κ2) is 9.73. The molecule has 0 aliphatic heterocycles. The number of nitrogens with zero attached hydrogens (tertiary/aromatic N) is 3. The lowest BCUT2D eigenvalue weighted by Crippen LogP contribution is -2.18. The minimum Gasteiger partial charge on any atom is -0.465 e. The highest BCUT2D eigenvalue weighted by Gasteiger charge is 2.29. The molecular weight excluding hydrogens is 432 g/mol. The molecule has 0 spiro atoms. The van der Waals surface area contributed by atoms with Gasteiger partial charge in [0.2, 0.25) is 5.91 Å². The van der Waals surface area contributed by atoms with Gasteiger partial charge in [-0.25, -0.2) is 4.79 Å². The van der Waals surface area contributed by atoms with Crippen molar-refractivity contribution < 1.29 is 14.3 Å². The number of aryl methyl sites for hydroxylation is 1. The number of carbonyl (C=O) groups excluding carboxylic acids is 2. The van der Waals surface area contributed by atoms with E-state index in [-0.39, 0.29) is 17.6 Å². The van der Waals surface area contributed by atoms with E-state index in [4.69, 9.17) is 4.74 Å². The largest absolute Gasteiger partial charge is 0.465 e. The van der Waals surface area contributed by atoms with E-state index >= 15 is 0 Å². The van der Waals surface area contributed by atoms with E-state index in [1.54, 1.807) is 0 Å². The van der Waals surface area contributed by atoms with Crippen LogP contribution in [0.2, 0.25) is 0 Å². The molecule has 1 saturated carbocycles. The molecule has 2 heterocycles. The zero-order valence-corrected chi connectivity index (χ0v) is 20.0. The zero-order chi connectivity index (χ0) is 22.0. The van der Waals surface area contributed by atoms with Crippen LogP contribution in [0.15, 0.2) is 5.16 Å². The standard InChI is InChI=1S/C22H30N4O3S2/c1-13-9-10-16-17(11-13)31-20(19(16)21(28)29-3)23-18(27)12-30-22-25-24-14(2)26(22)15-7-5-4-6-8-15/h13,15H,4-12H2,1-3H3,(H,23,27). The third-order valence-corrected chi connectivity index (χ3v) is 8.37. The van der Waals surface area contributed by atoms with Gasteiger partial charge in [-0.05, 0) is 50.5 Å². The number of thioether (sulfide) groups is 1. The normalized spacial score (nSPS) is 19.1. The van der Waals surface area contributed by atoms with Gasteiger partial charge in [-0.1, -0.05) is 37.9 Å². The number of methoxy groups -OCH3 is 1. The van der Waals surface area contributed by atoms with Crippen LogP contribution in [0, 0.1) is 12.8 Å². The van der Waals surface area contributed by atoms with Crippen molar-refractivity contribution >= 4 is 40.0 Å². The van der Waals surface area contributed by atoms with Crippen LogP contribution >= 0.6 is 23.1 Å². The number of anilines is 1. The Labute approximate surface area is 191 Å². The van der Waals surface area contributed by atoms with Gasteiger partial charge in [0.1, 0.15) is 10.8 Å². The SMILES string of the molecule is COC(=O)c1c(NC(=O)CSc2nnc(C)n2C2CCCCC2)sc2c1CCC(C)C2. The molecule has 0 aromatic carbocycles. The van der Waals surface area contributed by atoms with Crippen molar-refractivity contribution in [2.24, 2.45) is 5.92 Å². The van der Waals surface area contributed by atoms with Gasteiger partial charge in [-0.3, -0.25) is 4.79 Å². The van der Waals surface area contributed by atoms with Crippen molar-refractivity contribution in [3.05, 3.63) is 21.8 Å². The Bertz CT molecular complexity index is 962. The molecule has 2 aromatic heterocycles. The summed E-state index contributed by atoms with van der Waals surface area (Å²) in [7, 11) is 1.39. The second-order valence-electron chi connectivity index (χ2n) is 8.58. The summed E-state index contributed by atoms with van der Waals surface area (Å²) in [6, 6.07) is 0.422. The van der Waals surface area contributed by atoms with Gasteiger partial charge in [0, 0.05) is 10.9 Å². The molecule has 1 unspecified atom stereocenters. The van der Waals surface area contributed by atoms with Gasteiger partial charge in [-0.2, -0.15) is 0 Å². The topological polar surface area (TPSA) is 86.1 Å². The van der Waals surface area contributed by atoms with Crippen molar-refractivity contribution in [2.45, 2.75) is 76.4 Å². The molecule has 7 nitrogen and oxygen atoms in total. The lowest BCUT2D eigenvalue weighted by molar-refractivity contribution is -0.113. The highest BCUT2D eigenvalue weighted by atomic mass is 32.2. The zero-order valence-electron chi connectivity index (χ0n) is 18.4. The fraction of sp³-hybridized carbons (Fsp3) is 0.636. The highest BCUT2D eigenvalue weighted by Crippen LogP contribution is 2.40. The van der Waals surface area contributed by atoms with Crippen molar-refractivity contribution in [1.82, 2.24) is 14.8 Å². The Morgan fingerprint density at radius 1 is 1.23 bits per heavy atom. The first-order valence-corrected chi connectivity index (χ1v) is 12.8. The number of thiophene rings is 1. The summed E-state index contributed by atoms with van der Waals surface area (Å²) in [4.78, 5) is 26.4. The van der Waals surface area contributed by atoms with Crippen LogP contribution in [0.4, 0.5) is 5.00 Å². The Balaban J connectivity index is 1.46. The minimum absolute atomic E-state index is 0.141. The molecule has 2 aliphatic rings.